The van der Waals surface area contributed by atoms with Gasteiger partial charge in [0.25, 0.3) is 5.91 Å². The molecule has 0 unspecified atom stereocenters. The first-order chi connectivity index (χ1) is 14.0. The van der Waals surface area contributed by atoms with E-state index in [2.05, 4.69) is 16.4 Å². The Balaban J connectivity index is 1.51. The largest absolute Gasteiger partial charge is 0.312 e. The van der Waals surface area contributed by atoms with Gasteiger partial charge in [0.1, 0.15) is 5.82 Å². The molecule has 1 aromatic heterocycles. The van der Waals surface area contributed by atoms with Crippen molar-refractivity contribution < 1.29 is 14.0 Å². The predicted molar refractivity (Wildman–Crippen MR) is 113 cm³/mol. The number of rotatable bonds is 4. The number of carbonyl (C=O) groups is 2. The Bertz CT molecular complexity index is 1110. The van der Waals surface area contributed by atoms with Crippen LogP contribution in [0.5, 0.6) is 0 Å². The van der Waals surface area contributed by atoms with E-state index in [9.17, 15) is 14.0 Å². The summed E-state index contributed by atoms with van der Waals surface area (Å²) in [5.41, 5.74) is 4.62. The van der Waals surface area contributed by atoms with Crippen LogP contribution in [0.2, 0.25) is 0 Å². The average Bonchev–Trinajstić information content (AvgIpc) is 3.35. The maximum Gasteiger partial charge on any atom is 0.257 e. The summed E-state index contributed by atoms with van der Waals surface area (Å²) in [6, 6.07) is 10.2. The number of amides is 2. The molecule has 1 N–H and O–H groups in total. The summed E-state index contributed by atoms with van der Waals surface area (Å²) in [4.78, 5) is 30.8. The Morgan fingerprint density at radius 3 is 2.83 bits per heavy atom. The molecular weight excluding hydrogens is 389 g/mol. The highest BCUT2D eigenvalue weighted by molar-refractivity contribution is 7.14. The minimum absolute atomic E-state index is 0.131. The molecule has 0 bridgehead atoms. The molecular formula is C22H20FN3O2S. The lowest BCUT2D eigenvalue weighted by atomic mass is 10.1. The number of nitrogens with one attached hydrogen (secondary N) is 1. The van der Waals surface area contributed by atoms with E-state index in [1.807, 2.05) is 29.3 Å². The van der Waals surface area contributed by atoms with Gasteiger partial charge in [-0.05, 0) is 54.8 Å². The second-order valence-electron chi connectivity index (χ2n) is 6.95. The van der Waals surface area contributed by atoms with Crippen LogP contribution in [-0.4, -0.2) is 23.3 Å². The lowest BCUT2D eigenvalue weighted by Crippen LogP contribution is -2.27. The molecule has 7 heteroatoms. The van der Waals surface area contributed by atoms with Gasteiger partial charge in [-0.3, -0.25) is 14.9 Å². The number of aryl methyl sites for hydroxylation is 1. The predicted octanol–water partition coefficient (Wildman–Crippen LogP) is 4.81. The van der Waals surface area contributed by atoms with Crippen molar-refractivity contribution in [2.24, 2.45) is 0 Å². The molecule has 1 aliphatic heterocycles. The second-order valence-corrected chi connectivity index (χ2v) is 7.81. The molecule has 0 fully saturated rings. The first-order valence-electron chi connectivity index (χ1n) is 9.43. The van der Waals surface area contributed by atoms with Crippen LogP contribution in [0, 0.1) is 12.7 Å². The van der Waals surface area contributed by atoms with Crippen LogP contribution in [0.25, 0.3) is 11.3 Å². The van der Waals surface area contributed by atoms with Crippen molar-refractivity contribution >= 4 is 34.0 Å². The summed E-state index contributed by atoms with van der Waals surface area (Å²) in [7, 11) is 0. The van der Waals surface area contributed by atoms with Crippen LogP contribution in [0.1, 0.15) is 34.8 Å². The summed E-state index contributed by atoms with van der Waals surface area (Å²) in [5.74, 6) is -0.531. The molecule has 0 atom stereocenters. The molecule has 3 aromatic rings. The van der Waals surface area contributed by atoms with E-state index in [0.717, 1.165) is 28.9 Å². The molecule has 29 heavy (non-hydrogen) atoms. The maximum absolute atomic E-state index is 13.4. The van der Waals surface area contributed by atoms with E-state index >= 15 is 0 Å². The minimum atomic E-state index is -0.339. The van der Waals surface area contributed by atoms with E-state index in [1.54, 1.807) is 6.92 Å². The molecule has 148 valence electrons. The standard InChI is InChI=1S/C22H20FN3O2S/c1-3-20(27)26-9-8-15-11-14(5-7-19(15)26)18-12-29-22(24-18)25-21(28)16-4-6-17(23)13(2)10-16/h4-7,10-12H,3,8-9H2,1-2H3,(H,24,25,28). The van der Waals surface area contributed by atoms with Crippen molar-refractivity contribution in [3.8, 4) is 11.3 Å². The average molecular weight is 409 g/mol. The second kappa shape index (κ2) is 7.75. The van der Waals surface area contributed by atoms with Gasteiger partial charge in [-0.1, -0.05) is 13.0 Å². The zero-order valence-corrected chi connectivity index (χ0v) is 17.0. The van der Waals surface area contributed by atoms with E-state index in [1.165, 1.54) is 29.5 Å². The number of carbonyl (C=O) groups excluding carboxylic acids is 2. The molecule has 0 saturated heterocycles. The number of hydrogen-bond acceptors (Lipinski definition) is 4. The third-order valence-electron chi connectivity index (χ3n) is 5.02. The SMILES string of the molecule is CCC(=O)N1CCc2cc(-c3csc(NC(=O)c4ccc(F)c(C)c4)n3)ccc21. The molecule has 5 nitrogen and oxygen atoms in total. The molecule has 1 aliphatic rings. The number of benzene rings is 2. The van der Waals surface area contributed by atoms with Crippen molar-refractivity contribution in [3.05, 3.63) is 64.3 Å². The third-order valence-corrected chi connectivity index (χ3v) is 5.78. The Morgan fingerprint density at radius 2 is 2.07 bits per heavy atom. The zero-order chi connectivity index (χ0) is 20.5. The molecule has 4 rings (SSSR count). The number of fused-ring (bicyclic) bond motifs is 1. The summed E-state index contributed by atoms with van der Waals surface area (Å²) >= 11 is 1.34. The van der Waals surface area contributed by atoms with Crippen molar-refractivity contribution in [3.63, 3.8) is 0 Å². The Morgan fingerprint density at radius 1 is 1.24 bits per heavy atom. The zero-order valence-electron chi connectivity index (χ0n) is 16.2. The minimum Gasteiger partial charge on any atom is -0.312 e. The van der Waals surface area contributed by atoms with Gasteiger partial charge in [-0.25, -0.2) is 9.37 Å². The number of halogens is 1. The summed E-state index contributed by atoms with van der Waals surface area (Å²) in [5, 5.41) is 5.14. The number of anilines is 2. The Hall–Kier alpha value is -3.06. The summed E-state index contributed by atoms with van der Waals surface area (Å²) < 4.78 is 13.4. The van der Waals surface area contributed by atoms with Gasteiger partial charge in [0.05, 0.1) is 5.69 Å². The highest BCUT2D eigenvalue weighted by atomic mass is 32.1. The van der Waals surface area contributed by atoms with Gasteiger partial charge >= 0.3 is 0 Å². The number of nitrogens with zero attached hydrogens (tertiary/aromatic N) is 2. The molecule has 0 radical (unpaired) electrons. The number of aromatic nitrogens is 1. The van der Waals surface area contributed by atoms with Crippen LogP contribution in [0.15, 0.2) is 41.8 Å². The normalized spacial score (nSPS) is 12.7. The molecule has 2 aromatic carbocycles. The number of thiazole rings is 1. The van der Waals surface area contributed by atoms with Gasteiger partial charge < -0.3 is 4.90 Å². The number of hydrogen-bond donors (Lipinski definition) is 1. The smallest absolute Gasteiger partial charge is 0.257 e. The van der Waals surface area contributed by atoms with Gasteiger partial charge in [0.2, 0.25) is 5.91 Å². The maximum atomic E-state index is 13.4. The molecule has 0 saturated carbocycles. The van der Waals surface area contributed by atoms with Crippen LogP contribution >= 0.6 is 11.3 Å². The van der Waals surface area contributed by atoms with Gasteiger partial charge in [0.15, 0.2) is 5.13 Å². The lowest BCUT2D eigenvalue weighted by Gasteiger charge is -2.16. The molecule has 2 heterocycles. The van der Waals surface area contributed by atoms with E-state index in [0.29, 0.717) is 29.2 Å². The van der Waals surface area contributed by atoms with Gasteiger partial charge in [0, 0.05) is 35.2 Å². The molecule has 2 amide bonds. The summed E-state index contributed by atoms with van der Waals surface area (Å²) in [6.07, 6.45) is 1.32. The van der Waals surface area contributed by atoms with Gasteiger partial charge in [-0.2, -0.15) is 0 Å². The van der Waals surface area contributed by atoms with E-state index in [-0.39, 0.29) is 17.6 Å². The van der Waals surface area contributed by atoms with Crippen molar-refractivity contribution in [2.45, 2.75) is 26.7 Å². The van der Waals surface area contributed by atoms with Crippen LogP contribution in [-0.2, 0) is 11.2 Å². The van der Waals surface area contributed by atoms with E-state index < -0.39 is 0 Å². The first-order valence-corrected chi connectivity index (χ1v) is 10.3. The molecule has 0 aliphatic carbocycles. The van der Waals surface area contributed by atoms with Crippen molar-refractivity contribution in [1.29, 1.82) is 0 Å². The highest BCUT2D eigenvalue weighted by Gasteiger charge is 2.24. The topological polar surface area (TPSA) is 62.3 Å². The van der Waals surface area contributed by atoms with Crippen molar-refractivity contribution in [2.75, 3.05) is 16.8 Å². The van der Waals surface area contributed by atoms with Crippen LogP contribution in [0.4, 0.5) is 15.2 Å². The van der Waals surface area contributed by atoms with Crippen LogP contribution in [0.3, 0.4) is 0 Å². The summed E-state index contributed by atoms with van der Waals surface area (Å²) in [6.45, 7) is 4.20. The molecule has 0 spiro atoms. The third kappa shape index (κ3) is 3.78. The van der Waals surface area contributed by atoms with Gasteiger partial charge in [-0.15, -0.1) is 11.3 Å². The fourth-order valence-corrected chi connectivity index (χ4v) is 4.14. The van der Waals surface area contributed by atoms with E-state index in [4.69, 9.17) is 0 Å². The fourth-order valence-electron chi connectivity index (χ4n) is 3.43. The Kier molecular flexibility index (Phi) is 5.15. The Labute approximate surface area is 172 Å². The van der Waals surface area contributed by atoms with Crippen LogP contribution < -0.4 is 10.2 Å². The first kappa shape index (κ1) is 19.3. The van der Waals surface area contributed by atoms with Crippen molar-refractivity contribution in [1.82, 2.24) is 4.98 Å². The monoisotopic (exact) mass is 409 g/mol. The fraction of sp³-hybridized carbons (Fsp3) is 0.227. The quantitative estimate of drug-likeness (QED) is 0.673. The lowest BCUT2D eigenvalue weighted by molar-refractivity contribution is -0.118. The highest BCUT2D eigenvalue weighted by Crippen LogP contribution is 2.33.